The number of rotatable bonds is 4. The molecular formula is C21H22ClN3O. The Balaban J connectivity index is 1.89. The van der Waals surface area contributed by atoms with Gasteiger partial charge in [-0.3, -0.25) is 9.48 Å². The van der Waals surface area contributed by atoms with Crippen LogP contribution in [0.15, 0.2) is 42.5 Å². The summed E-state index contributed by atoms with van der Waals surface area (Å²) in [5, 5.41) is 8.26. The third-order valence-corrected chi connectivity index (χ3v) is 4.90. The molecule has 0 fully saturated rings. The van der Waals surface area contributed by atoms with Gasteiger partial charge in [0.1, 0.15) is 0 Å². The van der Waals surface area contributed by atoms with Crippen molar-refractivity contribution in [2.75, 3.05) is 5.32 Å². The molecule has 0 saturated carbocycles. The summed E-state index contributed by atoms with van der Waals surface area (Å²) in [5.74, 6) is -0.140. The summed E-state index contributed by atoms with van der Waals surface area (Å²) in [6, 6.07) is 13.7. The number of carbonyl (C=O) groups excluding carboxylic acids is 1. The first-order valence-electron chi connectivity index (χ1n) is 8.53. The fraction of sp³-hybridized carbons (Fsp3) is 0.238. The average Bonchev–Trinajstić information content (AvgIpc) is 2.87. The summed E-state index contributed by atoms with van der Waals surface area (Å²) in [6.07, 6.45) is 0. The van der Waals surface area contributed by atoms with E-state index in [0.717, 1.165) is 28.1 Å². The van der Waals surface area contributed by atoms with Gasteiger partial charge in [0.05, 0.1) is 17.8 Å². The predicted molar refractivity (Wildman–Crippen MR) is 106 cm³/mol. The van der Waals surface area contributed by atoms with Crippen LogP contribution in [0, 0.1) is 27.7 Å². The molecule has 0 aliphatic carbocycles. The normalized spacial score (nSPS) is 10.8. The van der Waals surface area contributed by atoms with Crippen LogP contribution in [0.2, 0.25) is 5.02 Å². The van der Waals surface area contributed by atoms with Gasteiger partial charge in [-0.15, -0.1) is 0 Å². The summed E-state index contributed by atoms with van der Waals surface area (Å²) in [7, 11) is 0. The van der Waals surface area contributed by atoms with Crippen molar-refractivity contribution in [1.82, 2.24) is 9.78 Å². The number of hydrogen-bond donors (Lipinski definition) is 1. The highest BCUT2D eigenvalue weighted by Gasteiger charge is 2.19. The molecule has 1 heterocycles. The molecule has 3 rings (SSSR count). The molecule has 1 amide bonds. The van der Waals surface area contributed by atoms with Gasteiger partial charge in [-0.25, -0.2) is 0 Å². The molecule has 26 heavy (non-hydrogen) atoms. The minimum Gasteiger partial charge on any atom is -0.322 e. The number of benzene rings is 2. The minimum absolute atomic E-state index is 0.140. The second-order valence-corrected chi connectivity index (χ2v) is 6.97. The van der Waals surface area contributed by atoms with Gasteiger partial charge in [-0.05, 0) is 56.5 Å². The molecule has 0 bridgehead atoms. The number of halogens is 1. The Morgan fingerprint density at radius 1 is 1.12 bits per heavy atom. The van der Waals surface area contributed by atoms with E-state index in [0.29, 0.717) is 22.8 Å². The molecular weight excluding hydrogens is 346 g/mol. The lowest BCUT2D eigenvalue weighted by Gasteiger charge is -2.10. The summed E-state index contributed by atoms with van der Waals surface area (Å²) in [5.41, 5.74) is 6.07. The molecule has 0 aliphatic heterocycles. The van der Waals surface area contributed by atoms with Gasteiger partial charge in [0.25, 0.3) is 5.91 Å². The van der Waals surface area contributed by atoms with Crippen LogP contribution in [-0.4, -0.2) is 15.7 Å². The van der Waals surface area contributed by atoms with Crippen LogP contribution < -0.4 is 5.32 Å². The van der Waals surface area contributed by atoms with E-state index in [1.807, 2.05) is 74.8 Å². The molecule has 0 saturated heterocycles. The number of nitrogens with one attached hydrogen (secondary N) is 1. The molecule has 0 radical (unpaired) electrons. The van der Waals surface area contributed by atoms with E-state index in [9.17, 15) is 4.79 Å². The van der Waals surface area contributed by atoms with E-state index >= 15 is 0 Å². The zero-order chi connectivity index (χ0) is 18.8. The molecule has 2 aromatic carbocycles. The third kappa shape index (κ3) is 3.65. The van der Waals surface area contributed by atoms with Crippen LogP contribution in [0.4, 0.5) is 5.69 Å². The van der Waals surface area contributed by atoms with Crippen molar-refractivity contribution in [2.24, 2.45) is 0 Å². The van der Waals surface area contributed by atoms with Crippen LogP contribution in [0.3, 0.4) is 0 Å². The van der Waals surface area contributed by atoms with Crippen molar-refractivity contribution in [2.45, 2.75) is 34.2 Å². The summed E-state index contributed by atoms with van der Waals surface area (Å²) in [4.78, 5) is 12.9. The highest BCUT2D eigenvalue weighted by atomic mass is 35.5. The summed E-state index contributed by atoms with van der Waals surface area (Å²) in [6.45, 7) is 8.29. The lowest BCUT2D eigenvalue weighted by molar-refractivity contribution is 0.102. The molecule has 0 unspecified atom stereocenters. The van der Waals surface area contributed by atoms with Gasteiger partial charge in [0.2, 0.25) is 0 Å². The summed E-state index contributed by atoms with van der Waals surface area (Å²) < 4.78 is 1.83. The van der Waals surface area contributed by atoms with Gasteiger partial charge in [-0.1, -0.05) is 41.9 Å². The highest BCUT2D eigenvalue weighted by Crippen LogP contribution is 2.22. The van der Waals surface area contributed by atoms with Gasteiger partial charge < -0.3 is 5.32 Å². The third-order valence-electron chi connectivity index (χ3n) is 4.53. The van der Waals surface area contributed by atoms with Crippen LogP contribution in [0.25, 0.3) is 0 Å². The number of carbonyl (C=O) groups is 1. The van der Waals surface area contributed by atoms with Crippen LogP contribution in [-0.2, 0) is 6.54 Å². The smallest absolute Gasteiger partial charge is 0.259 e. The van der Waals surface area contributed by atoms with Crippen molar-refractivity contribution in [1.29, 1.82) is 0 Å². The molecule has 1 aromatic heterocycles. The van der Waals surface area contributed by atoms with Crippen molar-refractivity contribution in [3.8, 4) is 0 Å². The van der Waals surface area contributed by atoms with E-state index in [4.69, 9.17) is 11.6 Å². The van der Waals surface area contributed by atoms with Crippen LogP contribution >= 0.6 is 11.6 Å². The Morgan fingerprint density at radius 3 is 2.58 bits per heavy atom. The zero-order valence-electron chi connectivity index (χ0n) is 15.4. The number of amides is 1. The lowest BCUT2D eigenvalue weighted by atomic mass is 10.1. The molecule has 0 spiro atoms. The first-order chi connectivity index (χ1) is 12.4. The Morgan fingerprint density at radius 2 is 1.85 bits per heavy atom. The Bertz CT molecular complexity index is 975. The maximum atomic E-state index is 12.9. The zero-order valence-corrected chi connectivity index (χ0v) is 16.2. The SMILES string of the molecule is Cc1ccc(C)c(NC(=O)c2c(C)nn(Cc3ccccc3Cl)c2C)c1. The highest BCUT2D eigenvalue weighted by molar-refractivity contribution is 6.31. The topological polar surface area (TPSA) is 46.9 Å². The number of aryl methyl sites for hydroxylation is 3. The van der Waals surface area contributed by atoms with E-state index in [2.05, 4.69) is 10.4 Å². The molecule has 4 nitrogen and oxygen atoms in total. The Labute approximate surface area is 158 Å². The average molecular weight is 368 g/mol. The molecule has 5 heteroatoms. The van der Waals surface area contributed by atoms with E-state index in [1.54, 1.807) is 0 Å². The monoisotopic (exact) mass is 367 g/mol. The second kappa shape index (κ2) is 7.34. The molecule has 0 aliphatic rings. The lowest BCUT2D eigenvalue weighted by Crippen LogP contribution is -2.15. The van der Waals surface area contributed by atoms with Crippen molar-refractivity contribution in [3.05, 3.63) is 81.1 Å². The number of aromatic nitrogens is 2. The Hall–Kier alpha value is -2.59. The van der Waals surface area contributed by atoms with Crippen LogP contribution in [0.1, 0.15) is 38.4 Å². The maximum Gasteiger partial charge on any atom is 0.259 e. The minimum atomic E-state index is -0.140. The van der Waals surface area contributed by atoms with Gasteiger partial charge in [0, 0.05) is 16.4 Å². The molecule has 3 aromatic rings. The van der Waals surface area contributed by atoms with Gasteiger partial charge in [-0.2, -0.15) is 5.10 Å². The molecule has 134 valence electrons. The van der Waals surface area contributed by atoms with E-state index in [-0.39, 0.29) is 5.91 Å². The predicted octanol–water partition coefficient (Wildman–Crippen LogP) is 5.07. The maximum absolute atomic E-state index is 12.9. The second-order valence-electron chi connectivity index (χ2n) is 6.57. The quantitative estimate of drug-likeness (QED) is 0.699. The van der Waals surface area contributed by atoms with Crippen molar-refractivity contribution in [3.63, 3.8) is 0 Å². The number of nitrogens with zero attached hydrogens (tertiary/aromatic N) is 2. The first-order valence-corrected chi connectivity index (χ1v) is 8.90. The summed E-state index contributed by atoms with van der Waals surface area (Å²) >= 11 is 6.25. The molecule has 1 N–H and O–H groups in total. The number of hydrogen-bond acceptors (Lipinski definition) is 2. The van der Waals surface area contributed by atoms with E-state index < -0.39 is 0 Å². The standard InChI is InChI=1S/C21H22ClN3O/c1-13-9-10-14(2)19(11-13)23-21(26)20-15(3)24-25(16(20)4)12-17-7-5-6-8-18(17)22/h5-11H,12H2,1-4H3,(H,23,26). The van der Waals surface area contributed by atoms with E-state index in [1.165, 1.54) is 0 Å². The number of anilines is 1. The Kier molecular flexibility index (Phi) is 5.14. The van der Waals surface area contributed by atoms with Crippen molar-refractivity contribution < 1.29 is 4.79 Å². The fourth-order valence-electron chi connectivity index (χ4n) is 3.02. The molecule has 0 atom stereocenters. The van der Waals surface area contributed by atoms with Crippen LogP contribution in [0.5, 0.6) is 0 Å². The van der Waals surface area contributed by atoms with Gasteiger partial charge >= 0.3 is 0 Å². The first kappa shape index (κ1) is 18.2. The largest absolute Gasteiger partial charge is 0.322 e. The van der Waals surface area contributed by atoms with Crippen molar-refractivity contribution >= 4 is 23.2 Å². The fourth-order valence-corrected chi connectivity index (χ4v) is 3.22. The van der Waals surface area contributed by atoms with Gasteiger partial charge in [0.15, 0.2) is 0 Å².